The van der Waals surface area contributed by atoms with Crippen LogP contribution < -0.4 is 0 Å². The topological polar surface area (TPSA) is 78.6 Å². The lowest BCUT2D eigenvalue weighted by Crippen LogP contribution is -2.30. The molecule has 0 aliphatic carbocycles. The average Bonchev–Trinajstić information content (AvgIpc) is 3.08. The van der Waals surface area contributed by atoms with Crippen LogP contribution in [0.5, 0.6) is 0 Å². The molecule has 2 aromatic rings. The van der Waals surface area contributed by atoms with Gasteiger partial charge in [0, 0.05) is 16.6 Å². The SMILES string of the molecule is C=CCOCC(CS(=O)CCCC)OC(=O)CSc1nc2ccccc2o1. The first-order chi connectivity index (χ1) is 13.1. The summed E-state index contributed by atoms with van der Waals surface area (Å²) in [4.78, 5) is 16.5. The lowest BCUT2D eigenvalue weighted by atomic mass is 10.3. The molecular weight excluding hydrogens is 386 g/mol. The molecule has 0 N–H and O–H groups in total. The largest absolute Gasteiger partial charge is 0.458 e. The van der Waals surface area contributed by atoms with Gasteiger partial charge in [-0.2, -0.15) is 0 Å². The summed E-state index contributed by atoms with van der Waals surface area (Å²) in [6.07, 6.45) is 2.94. The van der Waals surface area contributed by atoms with Gasteiger partial charge in [-0.1, -0.05) is 43.3 Å². The number of nitrogens with zero attached hydrogens (tertiary/aromatic N) is 1. The zero-order chi connectivity index (χ0) is 19.5. The number of rotatable bonds is 13. The van der Waals surface area contributed by atoms with E-state index in [1.807, 2.05) is 31.2 Å². The Morgan fingerprint density at radius 2 is 2.26 bits per heavy atom. The highest BCUT2D eigenvalue weighted by atomic mass is 32.2. The maximum absolute atomic E-state index is 12.2. The molecule has 2 unspecified atom stereocenters. The predicted molar refractivity (Wildman–Crippen MR) is 108 cm³/mol. The van der Waals surface area contributed by atoms with Gasteiger partial charge in [0.05, 0.1) is 19.0 Å². The molecule has 148 valence electrons. The van der Waals surface area contributed by atoms with Gasteiger partial charge in [-0.25, -0.2) is 4.98 Å². The Labute approximate surface area is 166 Å². The molecule has 0 aliphatic heterocycles. The zero-order valence-corrected chi connectivity index (χ0v) is 17.1. The Morgan fingerprint density at radius 1 is 1.44 bits per heavy atom. The van der Waals surface area contributed by atoms with Crippen LogP contribution in [0.3, 0.4) is 0 Å². The highest BCUT2D eigenvalue weighted by Crippen LogP contribution is 2.23. The third kappa shape index (κ3) is 7.86. The number of fused-ring (bicyclic) bond motifs is 1. The van der Waals surface area contributed by atoms with Crippen LogP contribution in [0, 0.1) is 0 Å². The molecule has 0 amide bonds. The van der Waals surface area contributed by atoms with Crippen molar-refractivity contribution in [2.45, 2.75) is 31.1 Å². The zero-order valence-electron chi connectivity index (χ0n) is 15.4. The van der Waals surface area contributed by atoms with E-state index < -0.39 is 22.9 Å². The van der Waals surface area contributed by atoms with Gasteiger partial charge in [-0.3, -0.25) is 9.00 Å². The molecule has 1 heterocycles. The molecule has 0 saturated heterocycles. The Morgan fingerprint density at radius 3 is 3.00 bits per heavy atom. The van der Waals surface area contributed by atoms with E-state index in [1.54, 1.807) is 6.08 Å². The molecule has 27 heavy (non-hydrogen) atoms. The number of esters is 1. The Kier molecular flexibility index (Phi) is 9.58. The lowest BCUT2D eigenvalue weighted by molar-refractivity contribution is -0.147. The first kappa shape index (κ1) is 21.7. The fourth-order valence-electron chi connectivity index (χ4n) is 2.25. The van der Waals surface area contributed by atoms with E-state index in [0.29, 0.717) is 23.2 Å². The highest BCUT2D eigenvalue weighted by molar-refractivity contribution is 7.99. The molecule has 0 spiro atoms. The average molecular weight is 412 g/mol. The normalized spacial score (nSPS) is 13.4. The van der Waals surface area contributed by atoms with Crippen LogP contribution in [0.15, 0.2) is 46.6 Å². The van der Waals surface area contributed by atoms with Crippen LogP contribution in [-0.4, -0.2) is 51.7 Å². The molecule has 0 saturated carbocycles. The Hall–Kier alpha value is -1.64. The fourth-order valence-corrected chi connectivity index (χ4v) is 4.23. The van der Waals surface area contributed by atoms with Gasteiger partial charge in [0.2, 0.25) is 0 Å². The van der Waals surface area contributed by atoms with Crippen molar-refractivity contribution in [3.8, 4) is 0 Å². The summed E-state index contributed by atoms with van der Waals surface area (Å²) in [5, 5.41) is 0.416. The molecular formula is C19H25NO5S2. The van der Waals surface area contributed by atoms with Crippen LogP contribution >= 0.6 is 11.8 Å². The van der Waals surface area contributed by atoms with Crippen molar-refractivity contribution in [2.24, 2.45) is 0 Å². The minimum absolute atomic E-state index is 0.0619. The van der Waals surface area contributed by atoms with Crippen LogP contribution in [0.2, 0.25) is 0 Å². The van der Waals surface area contributed by atoms with Crippen LogP contribution in [0.25, 0.3) is 11.1 Å². The van der Waals surface area contributed by atoms with E-state index in [0.717, 1.165) is 18.4 Å². The smallest absolute Gasteiger partial charge is 0.316 e. The fraction of sp³-hybridized carbons (Fsp3) is 0.474. The summed E-state index contributed by atoms with van der Waals surface area (Å²) in [5.74, 6) is 0.522. The van der Waals surface area contributed by atoms with E-state index in [1.165, 1.54) is 11.8 Å². The number of benzene rings is 1. The Bertz CT molecular complexity index is 728. The summed E-state index contributed by atoms with van der Waals surface area (Å²) >= 11 is 1.17. The molecule has 0 radical (unpaired) electrons. The summed E-state index contributed by atoms with van der Waals surface area (Å²) < 4.78 is 28.5. The summed E-state index contributed by atoms with van der Waals surface area (Å²) in [6, 6.07) is 7.41. The summed E-state index contributed by atoms with van der Waals surface area (Å²) in [7, 11) is -1.04. The van der Waals surface area contributed by atoms with Gasteiger partial charge in [0.1, 0.15) is 17.4 Å². The number of para-hydroxylation sites is 2. The minimum Gasteiger partial charge on any atom is -0.458 e. The summed E-state index contributed by atoms with van der Waals surface area (Å²) in [6.45, 7) is 6.19. The van der Waals surface area contributed by atoms with Crippen LogP contribution in [0.4, 0.5) is 0 Å². The number of hydrogen-bond acceptors (Lipinski definition) is 7. The van der Waals surface area contributed by atoms with E-state index >= 15 is 0 Å². The van der Waals surface area contributed by atoms with Crippen molar-refractivity contribution in [2.75, 3.05) is 30.5 Å². The molecule has 0 fully saturated rings. The molecule has 2 atom stereocenters. The molecule has 8 heteroatoms. The first-order valence-corrected chi connectivity index (χ1v) is 11.3. The second kappa shape index (κ2) is 11.9. The molecule has 1 aromatic carbocycles. The second-order valence-corrected chi connectivity index (χ2v) is 8.39. The predicted octanol–water partition coefficient (Wildman–Crippen LogP) is 3.58. The standard InChI is InChI=1S/C19H25NO5S2/c1-3-5-11-27(22)14-15(12-23-10-4-2)24-18(21)13-26-19-20-16-8-6-7-9-17(16)25-19/h4,6-9,15H,2-3,5,10-14H2,1H3. The van der Waals surface area contributed by atoms with Gasteiger partial charge >= 0.3 is 5.97 Å². The minimum atomic E-state index is -1.04. The Balaban J connectivity index is 1.84. The first-order valence-electron chi connectivity index (χ1n) is 8.83. The summed E-state index contributed by atoms with van der Waals surface area (Å²) in [5.41, 5.74) is 1.42. The van der Waals surface area contributed by atoms with Gasteiger partial charge in [0.15, 0.2) is 5.58 Å². The number of oxazole rings is 1. The number of hydrogen-bond donors (Lipinski definition) is 0. The van der Waals surface area contributed by atoms with Crippen molar-refractivity contribution in [3.05, 3.63) is 36.9 Å². The maximum Gasteiger partial charge on any atom is 0.316 e. The third-order valence-electron chi connectivity index (χ3n) is 3.52. The van der Waals surface area contributed by atoms with Gasteiger partial charge in [-0.05, 0) is 18.6 Å². The number of thioether (sulfide) groups is 1. The van der Waals surface area contributed by atoms with E-state index in [-0.39, 0.29) is 18.1 Å². The van der Waals surface area contributed by atoms with Crippen molar-refractivity contribution in [3.63, 3.8) is 0 Å². The van der Waals surface area contributed by atoms with Crippen molar-refractivity contribution >= 4 is 39.6 Å². The monoisotopic (exact) mass is 411 g/mol. The lowest BCUT2D eigenvalue weighted by Gasteiger charge is -2.17. The molecule has 0 bridgehead atoms. The number of carbonyl (C=O) groups excluding carboxylic acids is 1. The second-order valence-electron chi connectivity index (χ2n) is 5.84. The van der Waals surface area contributed by atoms with Crippen molar-refractivity contribution in [1.82, 2.24) is 4.98 Å². The van der Waals surface area contributed by atoms with Crippen LogP contribution in [0.1, 0.15) is 19.8 Å². The van der Waals surface area contributed by atoms with Crippen molar-refractivity contribution in [1.29, 1.82) is 0 Å². The maximum atomic E-state index is 12.2. The molecule has 6 nitrogen and oxygen atoms in total. The van der Waals surface area contributed by atoms with E-state index in [2.05, 4.69) is 11.6 Å². The molecule has 2 rings (SSSR count). The van der Waals surface area contributed by atoms with Crippen molar-refractivity contribution < 1.29 is 22.9 Å². The molecule has 0 aliphatic rings. The van der Waals surface area contributed by atoms with Gasteiger partial charge in [-0.15, -0.1) is 6.58 Å². The van der Waals surface area contributed by atoms with Gasteiger partial charge in [0.25, 0.3) is 5.22 Å². The highest BCUT2D eigenvalue weighted by Gasteiger charge is 2.19. The molecule has 1 aromatic heterocycles. The quantitative estimate of drug-likeness (QED) is 0.216. The third-order valence-corrected chi connectivity index (χ3v) is 5.81. The number of carbonyl (C=O) groups is 1. The van der Waals surface area contributed by atoms with Gasteiger partial charge < -0.3 is 13.9 Å². The van der Waals surface area contributed by atoms with E-state index in [4.69, 9.17) is 13.9 Å². The number of aromatic nitrogens is 1. The number of ether oxygens (including phenoxy) is 2. The number of unbranched alkanes of at least 4 members (excludes halogenated alkanes) is 1. The van der Waals surface area contributed by atoms with Crippen LogP contribution in [-0.2, 0) is 25.1 Å². The van der Waals surface area contributed by atoms with E-state index in [9.17, 15) is 9.00 Å².